The Morgan fingerprint density at radius 1 is 1.25 bits per heavy atom. The normalized spacial score (nSPS) is 19.2. The van der Waals surface area contributed by atoms with E-state index in [0.29, 0.717) is 24.8 Å². The number of aromatic nitrogens is 2. The molecule has 24 heavy (non-hydrogen) atoms. The molecule has 2 aromatic rings. The maximum absolute atomic E-state index is 13.8. The number of benzene rings is 1. The standard InChI is InChI=1S/C15H15F2N3O3S/c16-11-5-6-14(13(17)9-11)24(21,22)20-8-2-3-12(10-20)23-15-4-1-7-18-19-15/h1,4-7,9,12H,2-3,8,10H2. The van der Waals surface area contributed by atoms with Crippen molar-refractivity contribution in [3.63, 3.8) is 0 Å². The fourth-order valence-electron chi connectivity index (χ4n) is 2.56. The summed E-state index contributed by atoms with van der Waals surface area (Å²) in [6.45, 7) is 0.315. The smallest absolute Gasteiger partial charge is 0.246 e. The third kappa shape index (κ3) is 3.51. The van der Waals surface area contributed by atoms with Gasteiger partial charge in [0.25, 0.3) is 0 Å². The van der Waals surface area contributed by atoms with Crippen molar-refractivity contribution in [2.45, 2.75) is 23.8 Å². The number of sulfonamides is 1. The van der Waals surface area contributed by atoms with Gasteiger partial charge < -0.3 is 4.74 Å². The quantitative estimate of drug-likeness (QED) is 0.839. The van der Waals surface area contributed by atoms with Crippen molar-refractivity contribution in [3.05, 3.63) is 48.2 Å². The Morgan fingerprint density at radius 3 is 2.79 bits per heavy atom. The van der Waals surface area contributed by atoms with Gasteiger partial charge in [0.15, 0.2) is 0 Å². The minimum Gasteiger partial charge on any atom is -0.472 e. The number of rotatable bonds is 4. The van der Waals surface area contributed by atoms with Gasteiger partial charge >= 0.3 is 0 Å². The van der Waals surface area contributed by atoms with E-state index in [1.807, 2.05) is 0 Å². The van der Waals surface area contributed by atoms with Crippen LogP contribution in [-0.2, 0) is 10.0 Å². The number of ether oxygens (including phenoxy) is 1. The average Bonchev–Trinajstić information content (AvgIpc) is 2.56. The zero-order valence-electron chi connectivity index (χ0n) is 12.6. The predicted molar refractivity (Wildman–Crippen MR) is 80.8 cm³/mol. The molecule has 0 amide bonds. The summed E-state index contributed by atoms with van der Waals surface area (Å²) in [6, 6.07) is 5.71. The van der Waals surface area contributed by atoms with Crippen LogP contribution in [0, 0.1) is 11.6 Å². The molecule has 1 aromatic heterocycles. The van der Waals surface area contributed by atoms with Gasteiger partial charge in [-0.25, -0.2) is 17.2 Å². The van der Waals surface area contributed by atoms with Crippen LogP contribution in [0.15, 0.2) is 41.4 Å². The lowest BCUT2D eigenvalue weighted by Gasteiger charge is -2.31. The molecule has 0 aliphatic carbocycles. The second kappa shape index (κ2) is 6.78. The highest BCUT2D eigenvalue weighted by Crippen LogP contribution is 2.25. The molecule has 1 unspecified atom stereocenters. The summed E-state index contributed by atoms with van der Waals surface area (Å²) in [5.74, 6) is -1.63. The van der Waals surface area contributed by atoms with Crippen LogP contribution in [-0.4, -0.2) is 42.1 Å². The van der Waals surface area contributed by atoms with E-state index in [-0.39, 0.29) is 13.1 Å². The molecule has 1 aliphatic heterocycles. The molecule has 1 aliphatic rings. The highest BCUT2D eigenvalue weighted by atomic mass is 32.2. The molecule has 9 heteroatoms. The van der Waals surface area contributed by atoms with Crippen molar-refractivity contribution in [1.29, 1.82) is 0 Å². The topological polar surface area (TPSA) is 72.4 Å². The summed E-state index contributed by atoms with van der Waals surface area (Å²) < 4.78 is 58.8. The molecular formula is C15H15F2N3O3S. The van der Waals surface area contributed by atoms with Crippen molar-refractivity contribution >= 4 is 10.0 Å². The second-order valence-corrected chi connectivity index (χ2v) is 7.29. The van der Waals surface area contributed by atoms with Gasteiger partial charge in [-0.1, -0.05) is 0 Å². The Labute approximate surface area is 138 Å². The van der Waals surface area contributed by atoms with E-state index in [1.54, 1.807) is 12.1 Å². The Balaban J connectivity index is 1.78. The first-order chi connectivity index (χ1) is 11.5. The third-order valence-corrected chi connectivity index (χ3v) is 5.59. The SMILES string of the molecule is O=S(=O)(c1ccc(F)cc1F)N1CCCC(Oc2cccnn2)C1. The largest absolute Gasteiger partial charge is 0.472 e. The molecule has 0 N–H and O–H groups in total. The van der Waals surface area contributed by atoms with Crippen LogP contribution in [0.4, 0.5) is 8.78 Å². The van der Waals surface area contributed by atoms with Gasteiger partial charge in [0.1, 0.15) is 22.6 Å². The Kier molecular flexibility index (Phi) is 4.72. The fourth-order valence-corrected chi connectivity index (χ4v) is 4.12. The highest BCUT2D eigenvalue weighted by Gasteiger charge is 2.33. The van der Waals surface area contributed by atoms with Gasteiger partial charge in [0.2, 0.25) is 15.9 Å². The summed E-state index contributed by atoms with van der Waals surface area (Å²) in [5.41, 5.74) is 0. The van der Waals surface area contributed by atoms with Crippen molar-refractivity contribution < 1.29 is 21.9 Å². The number of hydrogen-bond donors (Lipinski definition) is 0. The summed E-state index contributed by atoms with van der Waals surface area (Å²) >= 11 is 0. The molecule has 1 saturated heterocycles. The molecular weight excluding hydrogens is 340 g/mol. The minimum atomic E-state index is -4.06. The third-order valence-electron chi connectivity index (χ3n) is 3.69. The van der Waals surface area contributed by atoms with Gasteiger partial charge in [-0.05, 0) is 31.0 Å². The number of halogens is 2. The van der Waals surface area contributed by atoms with Crippen LogP contribution >= 0.6 is 0 Å². The predicted octanol–water partition coefficient (Wildman–Crippen LogP) is 1.99. The van der Waals surface area contributed by atoms with Crippen molar-refractivity contribution in [3.8, 4) is 5.88 Å². The first-order valence-corrected chi connectivity index (χ1v) is 8.80. The first kappa shape index (κ1) is 16.7. The first-order valence-electron chi connectivity index (χ1n) is 7.36. The maximum atomic E-state index is 13.8. The molecule has 1 aromatic carbocycles. The zero-order valence-corrected chi connectivity index (χ0v) is 13.4. The van der Waals surface area contributed by atoms with Crippen molar-refractivity contribution in [1.82, 2.24) is 14.5 Å². The van der Waals surface area contributed by atoms with Crippen LogP contribution < -0.4 is 4.74 Å². The minimum absolute atomic E-state index is 0.0652. The highest BCUT2D eigenvalue weighted by molar-refractivity contribution is 7.89. The summed E-state index contributed by atoms with van der Waals surface area (Å²) in [7, 11) is -4.06. The maximum Gasteiger partial charge on any atom is 0.246 e. The van der Waals surface area contributed by atoms with Crippen LogP contribution in [0.5, 0.6) is 5.88 Å². The molecule has 0 saturated carbocycles. The molecule has 3 rings (SSSR count). The van der Waals surface area contributed by atoms with Crippen LogP contribution in [0.25, 0.3) is 0 Å². The number of hydrogen-bond acceptors (Lipinski definition) is 5. The van der Waals surface area contributed by atoms with E-state index < -0.39 is 32.7 Å². The Bertz CT molecular complexity index is 818. The Morgan fingerprint density at radius 2 is 2.08 bits per heavy atom. The summed E-state index contributed by atoms with van der Waals surface area (Å²) in [6.07, 6.45) is 2.30. The van der Waals surface area contributed by atoms with E-state index in [2.05, 4.69) is 10.2 Å². The fraction of sp³-hybridized carbons (Fsp3) is 0.333. The van der Waals surface area contributed by atoms with Crippen LogP contribution in [0.1, 0.15) is 12.8 Å². The molecule has 6 nitrogen and oxygen atoms in total. The van der Waals surface area contributed by atoms with E-state index >= 15 is 0 Å². The lowest BCUT2D eigenvalue weighted by Crippen LogP contribution is -2.44. The summed E-state index contributed by atoms with van der Waals surface area (Å²) in [5, 5.41) is 7.49. The van der Waals surface area contributed by atoms with Crippen LogP contribution in [0.2, 0.25) is 0 Å². The van der Waals surface area contributed by atoms with Gasteiger partial charge in [-0.15, -0.1) is 5.10 Å². The number of nitrogens with zero attached hydrogens (tertiary/aromatic N) is 3. The van der Waals surface area contributed by atoms with Crippen LogP contribution in [0.3, 0.4) is 0 Å². The zero-order chi connectivity index (χ0) is 17.2. The summed E-state index contributed by atoms with van der Waals surface area (Å²) in [4.78, 5) is -0.538. The monoisotopic (exact) mass is 355 g/mol. The average molecular weight is 355 g/mol. The van der Waals surface area contributed by atoms with E-state index in [0.717, 1.165) is 16.4 Å². The van der Waals surface area contributed by atoms with Gasteiger partial charge in [0.05, 0.1) is 6.54 Å². The molecule has 0 radical (unpaired) electrons. The van der Waals surface area contributed by atoms with Gasteiger partial charge in [0, 0.05) is 24.9 Å². The van der Waals surface area contributed by atoms with Crippen molar-refractivity contribution in [2.75, 3.05) is 13.1 Å². The number of piperidine rings is 1. The molecule has 0 bridgehead atoms. The molecule has 0 spiro atoms. The molecule has 1 fully saturated rings. The van der Waals surface area contributed by atoms with Gasteiger partial charge in [-0.2, -0.15) is 9.40 Å². The molecule has 128 valence electrons. The lowest BCUT2D eigenvalue weighted by atomic mass is 10.1. The van der Waals surface area contributed by atoms with E-state index in [1.165, 1.54) is 6.20 Å². The molecule has 2 heterocycles. The second-order valence-electron chi connectivity index (χ2n) is 5.38. The van der Waals surface area contributed by atoms with E-state index in [9.17, 15) is 17.2 Å². The lowest BCUT2D eigenvalue weighted by molar-refractivity contribution is 0.123. The van der Waals surface area contributed by atoms with E-state index in [4.69, 9.17) is 4.74 Å². The molecule has 1 atom stereocenters. The van der Waals surface area contributed by atoms with Crippen molar-refractivity contribution in [2.24, 2.45) is 0 Å². The Hall–Kier alpha value is -2.13. The van der Waals surface area contributed by atoms with Gasteiger partial charge in [-0.3, -0.25) is 0 Å².